The minimum Gasteiger partial charge on any atom is -0.395 e. The molecule has 0 saturated carbocycles. The average molecular weight is 481 g/mol. The number of carbonyl (C=O) groups is 1. The van der Waals surface area contributed by atoms with Crippen molar-refractivity contribution in [1.82, 2.24) is 10.3 Å². The molecule has 19 heavy (non-hydrogen) atoms. The highest BCUT2D eigenvalue weighted by Gasteiger charge is 2.37. The number of hydrogen-bond donors (Lipinski definition) is 2. The first-order valence-corrected chi connectivity index (χ1v) is 8.73. The van der Waals surface area contributed by atoms with Gasteiger partial charge in [-0.2, -0.15) is 0 Å². The predicted molar refractivity (Wildman–Crippen MR) is 80.4 cm³/mol. The highest BCUT2D eigenvalue weighted by molar-refractivity contribution is 9.42. The molecular formula is C9H9Br3N2O4S. The van der Waals surface area contributed by atoms with Gasteiger partial charge in [-0.25, -0.2) is 8.42 Å². The quantitative estimate of drug-likeness (QED) is 0.635. The summed E-state index contributed by atoms with van der Waals surface area (Å²) >= 11 is 8.80. The van der Waals surface area contributed by atoms with Gasteiger partial charge in [0.2, 0.25) is 11.3 Å². The van der Waals surface area contributed by atoms with Gasteiger partial charge in [0.15, 0.2) is 0 Å². The maximum atomic E-state index is 12.1. The van der Waals surface area contributed by atoms with Crippen LogP contribution in [0.15, 0.2) is 23.2 Å². The molecule has 0 aromatic carbocycles. The third kappa shape index (κ3) is 4.22. The van der Waals surface area contributed by atoms with E-state index in [0.717, 1.165) is 6.07 Å². The van der Waals surface area contributed by atoms with Gasteiger partial charge in [-0.3, -0.25) is 9.78 Å². The van der Waals surface area contributed by atoms with Crippen LogP contribution in [0.5, 0.6) is 0 Å². The van der Waals surface area contributed by atoms with E-state index in [1.807, 2.05) is 0 Å². The summed E-state index contributed by atoms with van der Waals surface area (Å²) < 4.78 is 22.7. The topological polar surface area (TPSA) is 96.4 Å². The molecule has 0 spiro atoms. The van der Waals surface area contributed by atoms with Crippen LogP contribution in [0.25, 0.3) is 0 Å². The number of aliphatic hydroxyl groups excluding tert-OH is 1. The van der Waals surface area contributed by atoms with Gasteiger partial charge in [-0.15, -0.1) is 0 Å². The molecule has 0 bridgehead atoms. The lowest BCUT2D eigenvalue weighted by Gasteiger charge is -2.13. The Labute approximate surface area is 135 Å². The van der Waals surface area contributed by atoms with Gasteiger partial charge < -0.3 is 10.4 Å². The van der Waals surface area contributed by atoms with Gasteiger partial charge in [-0.1, -0.05) is 0 Å². The number of sulfone groups is 1. The summed E-state index contributed by atoms with van der Waals surface area (Å²) in [6.07, 6.45) is 1.22. The van der Waals surface area contributed by atoms with Gasteiger partial charge >= 0.3 is 0 Å². The number of alkyl halides is 3. The molecule has 1 aromatic heterocycles. The van der Waals surface area contributed by atoms with Gasteiger partial charge in [0.05, 0.1) is 11.5 Å². The highest BCUT2D eigenvalue weighted by atomic mass is 80.0. The monoisotopic (exact) mass is 478 g/mol. The lowest BCUT2D eigenvalue weighted by atomic mass is 10.3. The standard InChI is InChI=1S/C9H9Br3N2O4S/c10-9(11,12)19(17,18)6-1-2-13-7(5-6)8(16)14-3-4-15/h1-2,5,15H,3-4H2,(H,14,16). The molecule has 2 N–H and O–H groups in total. The Balaban J connectivity index is 3.12. The third-order valence-electron chi connectivity index (χ3n) is 1.98. The molecule has 0 aliphatic carbocycles. The van der Waals surface area contributed by atoms with Crippen LogP contribution < -0.4 is 5.32 Å². The lowest BCUT2D eigenvalue weighted by Crippen LogP contribution is -2.27. The molecule has 0 radical (unpaired) electrons. The van der Waals surface area contributed by atoms with Crippen molar-refractivity contribution in [3.8, 4) is 0 Å². The summed E-state index contributed by atoms with van der Waals surface area (Å²) in [7, 11) is -3.77. The maximum absolute atomic E-state index is 12.1. The molecule has 1 aromatic rings. The second-order valence-electron chi connectivity index (χ2n) is 3.31. The van der Waals surface area contributed by atoms with E-state index >= 15 is 0 Å². The van der Waals surface area contributed by atoms with Crippen LogP contribution >= 0.6 is 47.8 Å². The van der Waals surface area contributed by atoms with Crippen LogP contribution in [0, 0.1) is 0 Å². The number of carbonyl (C=O) groups excluding carboxylic acids is 1. The first kappa shape index (κ1) is 17.0. The molecule has 1 amide bonds. The maximum Gasteiger partial charge on any atom is 0.269 e. The molecule has 0 fully saturated rings. The van der Waals surface area contributed by atoms with E-state index in [9.17, 15) is 13.2 Å². The lowest BCUT2D eigenvalue weighted by molar-refractivity contribution is 0.0939. The molecule has 0 aliphatic rings. The van der Waals surface area contributed by atoms with E-state index in [-0.39, 0.29) is 23.7 Å². The van der Waals surface area contributed by atoms with Crippen LogP contribution in [0.1, 0.15) is 10.5 Å². The van der Waals surface area contributed by atoms with Crippen molar-refractivity contribution in [2.24, 2.45) is 0 Å². The van der Waals surface area contributed by atoms with E-state index in [4.69, 9.17) is 5.11 Å². The van der Waals surface area contributed by atoms with Gasteiger partial charge in [0, 0.05) is 12.7 Å². The van der Waals surface area contributed by atoms with Gasteiger partial charge in [0.1, 0.15) is 5.69 Å². The minimum atomic E-state index is -3.77. The second-order valence-corrected chi connectivity index (χ2v) is 13.7. The Morgan fingerprint density at radius 2 is 2.05 bits per heavy atom. The molecule has 10 heteroatoms. The zero-order chi connectivity index (χ0) is 14.7. The molecular weight excluding hydrogens is 472 g/mol. The fourth-order valence-electron chi connectivity index (χ4n) is 1.10. The molecule has 0 atom stereocenters. The molecule has 1 heterocycles. The Bertz CT molecular complexity index is 571. The number of aliphatic hydroxyl groups is 1. The van der Waals surface area contributed by atoms with E-state index in [1.54, 1.807) is 0 Å². The van der Waals surface area contributed by atoms with Crippen LogP contribution in [0.3, 0.4) is 0 Å². The van der Waals surface area contributed by atoms with Crippen molar-refractivity contribution in [2.75, 3.05) is 13.2 Å². The predicted octanol–water partition coefficient (Wildman–Crippen LogP) is 1.37. The Kier molecular flexibility index (Phi) is 5.93. The van der Waals surface area contributed by atoms with Crippen molar-refractivity contribution in [3.63, 3.8) is 0 Å². The fourth-order valence-corrected chi connectivity index (χ4v) is 3.55. The van der Waals surface area contributed by atoms with Crippen LogP contribution in [0.2, 0.25) is 0 Å². The summed E-state index contributed by atoms with van der Waals surface area (Å²) in [6, 6.07) is 2.43. The van der Waals surface area contributed by atoms with Crippen molar-refractivity contribution in [1.29, 1.82) is 0 Å². The number of amides is 1. The molecule has 1 rings (SSSR count). The number of aromatic nitrogens is 1. The number of halogens is 3. The zero-order valence-corrected chi connectivity index (χ0v) is 14.9. The Morgan fingerprint density at radius 1 is 1.42 bits per heavy atom. The van der Waals surface area contributed by atoms with Crippen molar-refractivity contribution in [3.05, 3.63) is 24.0 Å². The van der Waals surface area contributed by atoms with Crippen LogP contribution in [-0.2, 0) is 9.84 Å². The summed E-state index contributed by atoms with van der Waals surface area (Å²) in [5, 5.41) is 11.0. The highest BCUT2D eigenvalue weighted by Crippen LogP contribution is 2.43. The average Bonchev–Trinajstić information content (AvgIpc) is 2.34. The molecule has 0 aliphatic heterocycles. The first-order valence-electron chi connectivity index (χ1n) is 4.86. The third-order valence-corrected chi connectivity index (χ3v) is 7.30. The Morgan fingerprint density at radius 3 is 2.58 bits per heavy atom. The molecule has 0 unspecified atom stereocenters. The summed E-state index contributed by atoms with van der Waals surface area (Å²) in [6.45, 7) is -0.145. The van der Waals surface area contributed by atoms with Crippen LogP contribution in [-0.4, -0.2) is 39.0 Å². The number of rotatable bonds is 4. The van der Waals surface area contributed by atoms with Crippen molar-refractivity contribution < 1.29 is 18.3 Å². The van der Waals surface area contributed by atoms with E-state index in [0.29, 0.717) is 0 Å². The van der Waals surface area contributed by atoms with E-state index in [2.05, 4.69) is 58.1 Å². The Hall–Kier alpha value is -0.0300. The van der Waals surface area contributed by atoms with Crippen molar-refractivity contribution in [2.45, 2.75) is 6.37 Å². The van der Waals surface area contributed by atoms with E-state index < -0.39 is 17.2 Å². The second kappa shape index (κ2) is 6.61. The zero-order valence-electron chi connectivity index (χ0n) is 9.31. The van der Waals surface area contributed by atoms with Crippen LogP contribution in [0.4, 0.5) is 0 Å². The number of nitrogens with zero attached hydrogens (tertiary/aromatic N) is 1. The molecule has 0 saturated heterocycles. The summed E-state index contributed by atoms with van der Waals surface area (Å²) in [4.78, 5) is 15.3. The summed E-state index contributed by atoms with van der Waals surface area (Å²) in [5.74, 6) is -0.560. The van der Waals surface area contributed by atoms with Gasteiger partial charge in [0.25, 0.3) is 5.91 Å². The minimum absolute atomic E-state index is 0.0497. The number of pyridine rings is 1. The number of nitrogens with one attached hydrogen (secondary N) is 1. The van der Waals surface area contributed by atoms with Crippen molar-refractivity contribution >= 4 is 63.5 Å². The molecule has 6 nitrogen and oxygen atoms in total. The molecule has 106 valence electrons. The fraction of sp³-hybridized carbons (Fsp3) is 0.333. The largest absolute Gasteiger partial charge is 0.395 e. The SMILES string of the molecule is O=C(NCCO)c1cc(S(=O)(=O)C(Br)(Br)Br)ccn1. The number of hydrogen-bond acceptors (Lipinski definition) is 5. The van der Waals surface area contributed by atoms with Gasteiger partial charge in [-0.05, 0) is 59.9 Å². The smallest absolute Gasteiger partial charge is 0.269 e. The summed E-state index contributed by atoms with van der Waals surface area (Å²) in [5.41, 5.74) is -0.0497. The first-order chi connectivity index (χ1) is 8.70. The normalized spacial score (nSPS) is 12.2. The van der Waals surface area contributed by atoms with E-state index in [1.165, 1.54) is 12.3 Å².